The molecule has 12 rings (SSSR count). The zero-order valence-corrected chi connectivity index (χ0v) is 31.2. The zero-order valence-electron chi connectivity index (χ0n) is 31.2. The van der Waals surface area contributed by atoms with Crippen LogP contribution in [-0.2, 0) is 0 Å². The standard InChI is InChI=1S/C56H35N/c1-5-16-36(17-6-1)52-43-26-13-14-27-44(43)53(37-18-7-2-8-19-37)47-35-50-48(34-46(47)52)55(38-20-9-3-10-21-38)56(42-22-11-4-12-23-42)57(50)49-33-31-41-29-28-39-24-15-25-40-30-32-45(49)54(41)51(39)40/h1-35H. The van der Waals surface area contributed by atoms with Crippen molar-refractivity contribution in [2.45, 2.75) is 0 Å². The first-order valence-electron chi connectivity index (χ1n) is 19.8. The van der Waals surface area contributed by atoms with Crippen molar-refractivity contribution < 1.29 is 0 Å². The van der Waals surface area contributed by atoms with Crippen LogP contribution < -0.4 is 0 Å². The van der Waals surface area contributed by atoms with E-state index in [4.69, 9.17) is 0 Å². The smallest absolute Gasteiger partial charge is 0.0619 e. The van der Waals surface area contributed by atoms with Gasteiger partial charge in [0.15, 0.2) is 0 Å². The van der Waals surface area contributed by atoms with Crippen LogP contribution >= 0.6 is 0 Å². The van der Waals surface area contributed by atoms with Crippen LogP contribution in [0, 0.1) is 0 Å². The molecule has 0 saturated heterocycles. The number of rotatable bonds is 5. The number of aromatic nitrogens is 1. The van der Waals surface area contributed by atoms with Crippen LogP contribution in [0.15, 0.2) is 212 Å². The highest BCUT2D eigenvalue weighted by Gasteiger charge is 2.26. The molecule has 0 spiro atoms. The van der Waals surface area contributed by atoms with Crippen LogP contribution in [0.4, 0.5) is 0 Å². The summed E-state index contributed by atoms with van der Waals surface area (Å²) in [6.45, 7) is 0. The number of fused-ring (bicyclic) bond motifs is 3. The first-order valence-corrected chi connectivity index (χ1v) is 19.8. The van der Waals surface area contributed by atoms with E-state index in [1.807, 2.05) is 0 Å². The minimum Gasteiger partial charge on any atom is -0.308 e. The molecule has 0 atom stereocenters. The normalized spacial score (nSPS) is 11.9. The minimum absolute atomic E-state index is 1.18. The summed E-state index contributed by atoms with van der Waals surface area (Å²) in [5.74, 6) is 0. The Morgan fingerprint density at radius 3 is 1.30 bits per heavy atom. The van der Waals surface area contributed by atoms with Gasteiger partial charge >= 0.3 is 0 Å². The largest absolute Gasteiger partial charge is 0.308 e. The SMILES string of the molecule is c1ccc(-c2c3ccccc3c(-c3ccccc3)c3cc4c(cc23)c(-c2ccccc2)c(-c2ccccc2)n4-c2ccc3ccc4cccc5ccc2c3c45)cc1. The first-order chi connectivity index (χ1) is 28.3. The third-order valence-corrected chi connectivity index (χ3v) is 12.1. The van der Waals surface area contributed by atoms with Crippen LogP contribution in [0.3, 0.4) is 0 Å². The third-order valence-electron chi connectivity index (χ3n) is 12.1. The van der Waals surface area contributed by atoms with Gasteiger partial charge in [0.05, 0.1) is 16.9 Å². The van der Waals surface area contributed by atoms with Crippen molar-refractivity contribution >= 4 is 64.8 Å². The van der Waals surface area contributed by atoms with Gasteiger partial charge in [-0.15, -0.1) is 0 Å². The minimum atomic E-state index is 1.18. The fraction of sp³-hybridized carbons (Fsp3) is 0. The van der Waals surface area contributed by atoms with Crippen LogP contribution in [0.2, 0.25) is 0 Å². The van der Waals surface area contributed by atoms with E-state index in [0.717, 1.165) is 0 Å². The van der Waals surface area contributed by atoms with Crippen molar-refractivity contribution in [3.05, 3.63) is 212 Å². The molecule has 0 radical (unpaired) electrons. The van der Waals surface area contributed by atoms with Gasteiger partial charge in [-0.05, 0) is 100 Å². The molecule has 0 amide bonds. The summed E-state index contributed by atoms with van der Waals surface area (Å²) in [6, 6.07) is 78.4. The molecule has 0 unspecified atom stereocenters. The summed E-state index contributed by atoms with van der Waals surface area (Å²) in [5, 5.41) is 13.9. The second-order valence-corrected chi connectivity index (χ2v) is 15.2. The van der Waals surface area contributed by atoms with E-state index < -0.39 is 0 Å². The lowest BCUT2D eigenvalue weighted by Crippen LogP contribution is -2.00. The maximum absolute atomic E-state index is 2.57. The van der Waals surface area contributed by atoms with Crippen molar-refractivity contribution in [1.82, 2.24) is 4.57 Å². The third kappa shape index (κ3) is 4.76. The molecule has 264 valence electrons. The van der Waals surface area contributed by atoms with E-state index in [0.29, 0.717) is 0 Å². The zero-order chi connectivity index (χ0) is 37.5. The van der Waals surface area contributed by atoms with Crippen molar-refractivity contribution in [3.8, 4) is 50.3 Å². The molecule has 1 nitrogen and oxygen atoms in total. The number of hydrogen-bond acceptors (Lipinski definition) is 0. The Morgan fingerprint density at radius 1 is 0.263 bits per heavy atom. The summed E-state index contributed by atoms with van der Waals surface area (Å²) < 4.78 is 2.57. The van der Waals surface area contributed by atoms with Gasteiger partial charge in [-0.25, -0.2) is 0 Å². The Hall–Kier alpha value is -7.48. The molecule has 0 saturated carbocycles. The molecule has 1 aromatic heterocycles. The Labute approximate surface area is 330 Å². The molecular weight excluding hydrogens is 687 g/mol. The summed E-state index contributed by atoms with van der Waals surface area (Å²) in [4.78, 5) is 0. The van der Waals surface area contributed by atoms with Crippen molar-refractivity contribution in [2.75, 3.05) is 0 Å². The highest BCUT2D eigenvalue weighted by Crippen LogP contribution is 2.50. The quantitative estimate of drug-likeness (QED) is 0.123. The summed E-state index contributed by atoms with van der Waals surface area (Å²) >= 11 is 0. The molecule has 0 aliphatic rings. The molecular formula is C56H35N. The average Bonchev–Trinajstić information content (AvgIpc) is 3.61. The fourth-order valence-electron chi connectivity index (χ4n) is 9.72. The number of hydrogen-bond donors (Lipinski definition) is 0. The Kier molecular flexibility index (Phi) is 7.00. The lowest BCUT2D eigenvalue weighted by atomic mass is 9.85. The molecule has 11 aromatic carbocycles. The van der Waals surface area contributed by atoms with Gasteiger partial charge in [0.2, 0.25) is 0 Å². The van der Waals surface area contributed by atoms with E-state index in [1.54, 1.807) is 0 Å². The maximum atomic E-state index is 2.57. The van der Waals surface area contributed by atoms with Crippen LogP contribution in [0.5, 0.6) is 0 Å². The van der Waals surface area contributed by atoms with Crippen LogP contribution in [-0.4, -0.2) is 4.57 Å². The number of benzene rings is 11. The summed E-state index contributed by atoms with van der Waals surface area (Å²) in [6.07, 6.45) is 0. The molecule has 0 bridgehead atoms. The van der Waals surface area contributed by atoms with Gasteiger partial charge in [0, 0.05) is 16.3 Å². The maximum Gasteiger partial charge on any atom is 0.0619 e. The van der Waals surface area contributed by atoms with E-state index >= 15 is 0 Å². The Morgan fingerprint density at radius 2 is 0.719 bits per heavy atom. The lowest BCUT2D eigenvalue weighted by molar-refractivity contribution is 1.15. The van der Waals surface area contributed by atoms with Gasteiger partial charge in [-0.1, -0.05) is 194 Å². The molecule has 12 aromatic rings. The second kappa shape index (κ2) is 12.5. The Balaban J connectivity index is 1.34. The van der Waals surface area contributed by atoms with E-state index in [9.17, 15) is 0 Å². The summed E-state index contributed by atoms with van der Waals surface area (Å²) in [7, 11) is 0. The first kappa shape index (κ1) is 31.8. The molecule has 1 heteroatoms. The predicted molar refractivity (Wildman–Crippen MR) is 244 cm³/mol. The fourth-order valence-corrected chi connectivity index (χ4v) is 9.72. The van der Waals surface area contributed by atoms with E-state index in [-0.39, 0.29) is 0 Å². The van der Waals surface area contributed by atoms with Crippen molar-refractivity contribution in [1.29, 1.82) is 0 Å². The monoisotopic (exact) mass is 721 g/mol. The van der Waals surface area contributed by atoms with Crippen LogP contribution in [0.1, 0.15) is 0 Å². The van der Waals surface area contributed by atoms with E-state index in [1.165, 1.54) is 115 Å². The van der Waals surface area contributed by atoms with Crippen LogP contribution in [0.25, 0.3) is 115 Å². The highest BCUT2D eigenvalue weighted by molar-refractivity contribution is 6.27. The molecule has 1 heterocycles. The molecule has 0 aliphatic carbocycles. The van der Waals surface area contributed by atoms with Gasteiger partial charge < -0.3 is 4.57 Å². The molecule has 0 aliphatic heterocycles. The van der Waals surface area contributed by atoms with Crippen molar-refractivity contribution in [2.24, 2.45) is 0 Å². The van der Waals surface area contributed by atoms with E-state index in [2.05, 4.69) is 217 Å². The van der Waals surface area contributed by atoms with Gasteiger partial charge in [0.1, 0.15) is 0 Å². The summed E-state index contributed by atoms with van der Waals surface area (Å²) in [5.41, 5.74) is 12.1. The molecule has 57 heavy (non-hydrogen) atoms. The topological polar surface area (TPSA) is 4.93 Å². The highest BCUT2D eigenvalue weighted by atomic mass is 15.0. The molecule has 0 fully saturated rings. The van der Waals surface area contributed by atoms with Gasteiger partial charge in [0.25, 0.3) is 0 Å². The Bertz CT molecular complexity index is 3460. The lowest BCUT2D eigenvalue weighted by Gasteiger charge is -2.20. The van der Waals surface area contributed by atoms with Gasteiger partial charge in [-0.3, -0.25) is 0 Å². The van der Waals surface area contributed by atoms with Crippen molar-refractivity contribution in [3.63, 3.8) is 0 Å². The molecule has 0 N–H and O–H groups in total. The number of nitrogens with zero attached hydrogens (tertiary/aromatic N) is 1. The second-order valence-electron chi connectivity index (χ2n) is 15.2. The van der Waals surface area contributed by atoms with Gasteiger partial charge in [-0.2, -0.15) is 0 Å². The predicted octanol–water partition coefficient (Wildman–Crippen LogP) is 15.5. The average molecular weight is 722 g/mol.